The number of aryl methyl sites for hydroxylation is 2. The van der Waals surface area contributed by atoms with Crippen LogP contribution in [0.3, 0.4) is 0 Å². The van der Waals surface area contributed by atoms with Crippen LogP contribution in [0, 0.1) is 6.92 Å². The van der Waals surface area contributed by atoms with Gasteiger partial charge in [0.05, 0.1) is 6.10 Å². The zero-order valence-electron chi connectivity index (χ0n) is 10.1. The summed E-state index contributed by atoms with van der Waals surface area (Å²) in [5.41, 5.74) is 1.14. The third-order valence-electron chi connectivity index (χ3n) is 2.71. The van der Waals surface area contributed by atoms with E-state index in [0.29, 0.717) is 6.42 Å². The second kappa shape index (κ2) is 5.42. The van der Waals surface area contributed by atoms with Crippen molar-refractivity contribution in [3.05, 3.63) is 34.0 Å². The Hall–Kier alpha value is -1.20. The number of aliphatic hydroxyl groups excluding tert-OH is 1. The van der Waals surface area contributed by atoms with E-state index in [1.54, 1.807) is 17.7 Å². The van der Waals surface area contributed by atoms with Gasteiger partial charge >= 0.3 is 0 Å². The number of hydrogen-bond donors (Lipinski definition) is 1. The van der Waals surface area contributed by atoms with Crippen LogP contribution in [-0.4, -0.2) is 19.9 Å². The summed E-state index contributed by atoms with van der Waals surface area (Å²) in [6.45, 7) is 4.97. The van der Waals surface area contributed by atoms with Crippen molar-refractivity contribution in [2.75, 3.05) is 0 Å². The zero-order chi connectivity index (χ0) is 12.3. The van der Waals surface area contributed by atoms with Gasteiger partial charge in [0.1, 0.15) is 12.2 Å². The molecule has 17 heavy (non-hydrogen) atoms. The van der Waals surface area contributed by atoms with Gasteiger partial charge in [-0.2, -0.15) is 5.10 Å². The SMILES string of the molecule is CCCn1ncnc1CC(O)c1sccc1C. The van der Waals surface area contributed by atoms with Crippen molar-refractivity contribution in [3.8, 4) is 0 Å². The van der Waals surface area contributed by atoms with Crippen LogP contribution in [0.15, 0.2) is 17.8 Å². The van der Waals surface area contributed by atoms with Crippen molar-refractivity contribution in [2.45, 2.75) is 39.3 Å². The molecule has 0 fully saturated rings. The number of aromatic nitrogens is 3. The van der Waals surface area contributed by atoms with Crippen molar-refractivity contribution >= 4 is 11.3 Å². The van der Waals surface area contributed by atoms with E-state index in [1.165, 1.54) is 0 Å². The van der Waals surface area contributed by atoms with Crippen molar-refractivity contribution in [3.63, 3.8) is 0 Å². The Labute approximate surface area is 105 Å². The van der Waals surface area contributed by atoms with E-state index in [-0.39, 0.29) is 0 Å². The molecular formula is C12H17N3OS. The smallest absolute Gasteiger partial charge is 0.138 e. The van der Waals surface area contributed by atoms with E-state index in [0.717, 1.165) is 29.2 Å². The normalized spacial score (nSPS) is 12.9. The van der Waals surface area contributed by atoms with Gasteiger partial charge in [-0.3, -0.25) is 4.68 Å². The minimum absolute atomic E-state index is 0.477. The van der Waals surface area contributed by atoms with Gasteiger partial charge in [-0.25, -0.2) is 4.98 Å². The van der Waals surface area contributed by atoms with Gasteiger partial charge in [-0.15, -0.1) is 11.3 Å². The maximum Gasteiger partial charge on any atom is 0.138 e. The van der Waals surface area contributed by atoms with Crippen molar-refractivity contribution in [2.24, 2.45) is 0 Å². The van der Waals surface area contributed by atoms with E-state index in [9.17, 15) is 5.11 Å². The lowest BCUT2D eigenvalue weighted by atomic mass is 10.1. The minimum atomic E-state index is -0.477. The molecule has 2 aromatic rings. The van der Waals surface area contributed by atoms with Crippen LogP contribution in [0.2, 0.25) is 0 Å². The van der Waals surface area contributed by atoms with Crippen LogP contribution >= 0.6 is 11.3 Å². The first-order valence-corrected chi connectivity index (χ1v) is 6.69. The maximum atomic E-state index is 10.2. The Bertz CT molecular complexity index is 478. The summed E-state index contributed by atoms with van der Waals surface area (Å²) < 4.78 is 1.87. The van der Waals surface area contributed by atoms with Crippen LogP contribution in [0.5, 0.6) is 0 Å². The highest BCUT2D eigenvalue weighted by molar-refractivity contribution is 7.10. The summed E-state index contributed by atoms with van der Waals surface area (Å²) in [6.07, 6.45) is 2.62. The highest BCUT2D eigenvalue weighted by Crippen LogP contribution is 2.26. The van der Waals surface area contributed by atoms with Crippen LogP contribution in [0.1, 0.15) is 35.7 Å². The topological polar surface area (TPSA) is 50.9 Å². The largest absolute Gasteiger partial charge is 0.387 e. The Kier molecular flexibility index (Phi) is 3.91. The fourth-order valence-corrected chi connectivity index (χ4v) is 2.75. The summed E-state index contributed by atoms with van der Waals surface area (Å²) in [4.78, 5) is 5.23. The van der Waals surface area contributed by atoms with E-state index in [1.807, 2.05) is 23.1 Å². The first-order chi connectivity index (χ1) is 8.22. The lowest BCUT2D eigenvalue weighted by Crippen LogP contribution is -2.10. The number of rotatable bonds is 5. The van der Waals surface area contributed by atoms with Gasteiger partial charge in [0, 0.05) is 17.8 Å². The molecule has 0 spiro atoms. The number of hydrogen-bond acceptors (Lipinski definition) is 4. The van der Waals surface area contributed by atoms with Crippen molar-refractivity contribution < 1.29 is 5.11 Å². The molecule has 1 N–H and O–H groups in total. The molecule has 2 rings (SSSR count). The molecule has 0 saturated carbocycles. The fourth-order valence-electron chi connectivity index (χ4n) is 1.84. The van der Waals surface area contributed by atoms with Crippen molar-refractivity contribution in [1.82, 2.24) is 14.8 Å². The molecule has 4 nitrogen and oxygen atoms in total. The van der Waals surface area contributed by atoms with Gasteiger partial charge < -0.3 is 5.11 Å². The first kappa shape index (κ1) is 12.3. The van der Waals surface area contributed by atoms with Crippen molar-refractivity contribution in [1.29, 1.82) is 0 Å². The Morgan fingerprint density at radius 1 is 1.53 bits per heavy atom. The quantitative estimate of drug-likeness (QED) is 0.887. The van der Waals surface area contributed by atoms with E-state index in [4.69, 9.17) is 0 Å². The van der Waals surface area contributed by atoms with Gasteiger partial charge in [0.15, 0.2) is 0 Å². The summed E-state index contributed by atoms with van der Waals surface area (Å²) in [7, 11) is 0. The van der Waals surface area contributed by atoms with Gasteiger partial charge in [0.25, 0.3) is 0 Å². The molecule has 0 saturated heterocycles. The Morgan fingerprint density at radius 3 is 3.00 bits per heavy atom. The third kappa shape index (κ3) is 2.73. The van der Waals surface area contributed by atoms with Crippen LogP contribution < -0.4 is 0 Å². The van der Waals surface area contributed by atoms with Crippen LogP contribution in [0.25, 0.3) is 0 Å². The minimum Gasteiger partial charge on any atom is -0.387 e. The lowest BCUT2D eigenvalue weighted by Gasteiger charge is -2.10. The predicted octanol–water partition coefficient (Wildman–Crippen LogP) is 2.33. The monoisotopic (exact) mass is 251 g/mol. The Balaban J connectivity index is 2.10. The molecule has 0 aliphatic rings. The summed E-state index contributed by atoms with van der Waals surface area (Å²) in [5.74, 6) is 0.854. The molecule has 2 heterocycles. The number of aliphatic hydroxyl groups is 1. The average molecular weight is 251 g/mol. The molecular weight excluding hydrogens is 234 g/mol. The summed E-state index contributed by atoms with van der Waals surface area (Å²) in [5, 5.41) is 16.3. The molecule has 0 aliphatic carbocycles. The fraction of sp³-hybridized carbons (Fsp3) is 0.500. The summed E-state index contributed by atoms with van der Waals surface area (Å²) in [6, 6.07) is 2.03. The molecule has 5 heteroatoms. The standard InChI is InChI=1S/C12H17N3OS/c1-3-5-15-11(13-8-14-15)7-10(16)12-9(2)4-6-17-12/h4,6,8,10,16H,3,5,7H2,1-2H3. The highest BCUT2D eigenvalue weighted by Gasteiger charge is 2.15. The van der Waals surface area contributed by atoms with Gasteiger partial charge in [0.2, 0.25) is 0 Å². The van der Waals surface area contributed by atoms with Gasteiger partial charge in [-0.05, 0) is 30.4 Å². The molecule has 2 aromatic heterocycles. The zero-order valence-corrected chi connectivity index (χ0v) is 10.9. The molecule has 1 unspecified atom stereocenters. The maximum absolute atomic E-state index is 10.2. The van der Waals surface area contributed by atoms with E-state index >= 15 is 0 Å². The van der Waals surface area contributed by atoms with Gasteiger partial charge in [-0.1, -0.05) is 6.92 Å². The number of nitrogens with zero attached hydrogens (tertiary/aromatic N) is 3. The third-order valence-corrected chi connectivity index (χ3v) is 3.83. The molecule has 0 bridgehead atoms. The molecule has 0 aromatic carbocycles. The second-order valence-electron chi connectivity index (χ2n) is 4.09. The number of thiophene rings is 1. The van der Waals surface area contributed by atoms with E-state index in [2.05, 4.69) is 17.0 Å². The average Bonchev–Trinajstić information content (AvgIpc) is 2.89. The lowest BCUT2D eigenvalue weighted by molar-refractivity contribution is 0.177. The van der Waals surface area contributed by atoms with E-state index < -0.39 is 6.10 Å². The van der Waals surface area contributed by atoms with Crippen LogP contribution in [0.4, 0.5) is 0 Å². The Morgan fingerprint density at radius 2 is 2.35 bits per heavy atom. The molecule has 0 radical (unpaired) electrons. The first-order valence-electron chi connectivity index (χ1n) is 5.81. The molecule has 1 atom stereocenters. The molecule has 0 amide bonds. The highest BCUT2D eigenvalue weighted by atomic mass is 32.1. The predicted molar refractivity (Wildman–Crippen MR) is 68.0 cm³/mol. The van der Waals surface area contributed by atoms with Crippen LogP contribution in [-0.2, 0) is 13.0 Å². The second-order valence-corrected chi connectivity index (χ2v) is 5.03. The molecule has 0 aliphatic heterocycles. The molecule has 92 valence electrons. The summed E-state index contributed by atoms with van der Waals surface area (Å²) >= 11 is 1.59.